The maximum Gasteiger partial charge on any atom is 0.213 e. The molecule has 0 amide bonds. The Morgan fingerprint density at radius 3 is 2.50 bits per heavy atom. The minimum atomic E-state index is 0.608. The molecule has 0 unspecified atom stereocenters. The lowest BCUT2D eigenvalue weighted by molar-refractivity contribution is 0.397. The van der Waals surface area contributed by atoms with E-state index in [-0.39, 0.29) is 0 Å². The zero-order valence-corrected chi connectivity index (χ0v) is 14.4. The van der Waals surface area contributed by atoms with Gasteiger partial charge in [0.25, 0.3) is 0 Å². The van der Waals surface area contributed by atoms with Crippen molar-refractivity contribution in [1.82, 2.24) is 15.6 Å². The van der Waals surface area contributed by atoms with Crippen LogP contribution in [0.4, 0.5) is 0 Å². The fourth-order valence-electron chi connectivity index (χ4n) is 2.20. The van der Waals surface area contributed by atoms with Crippen LogP contribution in [0, 0.1) is 0 Å². The molecule has 0 spiro atoms. The van der Waals surface area contributed by atoms with Gasteiger partial charge in [-0.1, -0.05) is 12.1 Å². The maximum atomic E-state index is 5.16. The molecule has 6 nitrogen and oxygen atoms in total. The number of ether oxygens (including phenoxy) is 2. The molecule has 0 aliphatic heterocycles. The van der Waals surface area contributed by atoms with Crippen molar-refractivity contribution >= 4 is 5.96 Å². The lowest BCUT2D eigenvalue weighted by Gasteiger charge is -2.12. The summed E-state index contributed by atoms with van der Waals surface area (Å²) in [6, 6.07) is 11.9. The largest absolute Gasteiger partial charge is 0.497 e. The van der Waals surface area contributed by atoms with E-state index in [1.54, 1.807) is 27.5 Å². The summed E-state index contributed by atoms with van der Waals surface area (Å²) in [7, 11) is 5.04. The van der Waals surface area contributed by atoms with E-state index in [2.05, 4.69) is 32.7 Å². The molecule has 2 N–H and O–H groups in total. The molecule has 24 heavy (non-hydrogen) atoms. The number of hydrogen-bond donors (Lipinski definition) is 2. The molecule has 1 aromatic heterocycles. The number of pyridine rings is 1. The second kappa shape index (κ2) is 9.39. The summed E-state index contributed by atoms with van der Waals surface area (Å²) >= 11 is 0. The van der Waals surface area contributed by atoms with Gasteiger partial charge in [0.2, 0.25) is 5.88 Å². The molecule has 0 fully saturated rings. The highest BCUT2D eigenvalue weighted by Gasteiger charge is 2.01. The van der Waals surface area contributed by atoms with Gasteiger partial charge in [-0.05, 0) is 35.7 Å². The van der Waals surface area contributed by atoms with Gasteiger partial charge in [-0.3, -0.25) is 4.99 Å². The molecule has 6 heteroatoms. The molecule has 0 atom stereocenters. The van der Waals surface area contributed by atoms with E-state index in [0.717, 1.165) is 30.2 Å². The number of nitrogens with zero attached hydrogens (tertiary/aromatic N) is 2. The third kappa shape index (κ3) is 5.46. The summed E-state index contributed by atoms with van der Waals surface area (Å²) in [5.41, 5.74) is 2.33. The molecular formula is C18H24N4O2. The van der Waals surface area contributed by atoms with Crippen molar-refractivity contribution in [3.8, 4) is 11.6 Å². The molecule has 0 saturated carbocycles. The predicted molar refractivity (Wildman–Crippen MR) is 95.7 cm³/mol. The van der Waals surface area contributed by atoms with Crippen LogP contribution < -0.4 is 20.1 Å². The van der Waals surface area contributed by atoms with Crippen molar-refractivity contribution in [1.29, 1.82) is 0 Å². The van der Waals surface area contributed by atoms with Crippen LogP contribution in [0.15, 0.2) is 47.6 Å². The van der Waals surface area contributed by atoms with Gasteiger partial charge >= 0.3 is 0 Å². The van der Waals surface area contributed by atoms with Crippen LogP contribution >= 0.6 is 0 Å². The Balaban J connectivity index is 1.77. The first-order valence-corrected chi connectivity index (χ1v) is 7.81. The zero-order valence-electron chi connectivity index (χ0n) is 14.4. The maximum absolute atomic E-state index is 5.16. The molecule has 0 bridgehead atoms. The lowest BCUT2D eigenvalue weighted by atomic mass is 10.1. The van der Waals surface area contributed by atoms with Crippen molar-refractivity contribution in [2.24, 2.45) is 4.99 Å². The van der Waals surface area contributed by atoms with Gasteiger partial charge in [-0.2, -0.15) is 0 Å². The average Bonchev–Trinajstić information content (AvgIpc) is 2.65. The Morgan fingerprint density at radius 1 is 1.04 bits per heavy atom. The Morgan fingerprint density at radius 2 is 1.83 bits per heavy atom. The Labute approximate surface area is 142 Å². The highest BCUT2D eigenvalue weighted by Crippen LogP contribution is 2.11. The highest BCUT2D eigenvalue weighted by atomic mass is 16.5. The lowest BCUT2D eigenvalue weighted by Crippen LogP contribution is -2.37. The third-order valence-electron chi connectivity index (χ3n) is 3.56. The topological polar surface area (TPSA) is 67.8 Å². The number of hydrogen-bond acceptors (Lipinski definition) is 4. The third-order valence-corrected chi connectivity index (χ3v) is 3.56. The summed E-state index contributed by atoms with van der Waals surface area (Å²) in [5.74, 6) is 2.24. The van der Waals surface area contributed by atoms with E-state index < -0.39 is 0 Å². The predicted octanol–water partition coefficient (Wildman–Crippen LogP) is 2.01. The first-order valence-electron chi connectivity index (χ1n) is 7.81. The summed E-state index contributed by atoms with van der Waals surface area (Å²) in [4.78, 5) is 8.33. The molecular weight excluding hydrogens is 304 g/mol. The van der Waals surface area contributed by atoms with Gasteiger partial charge < -0.3 is 20.1 Å². The molecule has 0 saturated heterocycles. The minimum Gasteiger partial charge on any atom is -0.497 e. The van der Waals surface area contributed by atoms with E-state index in [0.29, 0.717) is 12.4 Å². The van der Waals surface area contributed by atoms with Crippen LogP contribution in [0.25, 0.3) is 0 Å². The van der Waals surface area contributed by atoms with Gasteiger partial charge in [-0.15, -0.1) is 0 Å². The fraction of sp³-hybridized carbons (Fsp3) is 0.333. The highest BCUT2D eigenvalue weighted by molar-refractivity contribution is 5.79. The Kier molecular flexibility index (Phi) is 6.89. The Bertz CT molecular complexity index is 656. The zero-order chi connectivity index (χ0) is 17.2. The summed E-state index contributed by atoms with van der Waals surface area (Å²) < 4.78 is 10.3. The van der Waals surface area contributed by atoms with E-state index in [4.69, 9.17) is 9.47 Å². The molecule has 1 heterocycles. The molecule has 2 aromatic rings. The van der Waals surface area contributed by atoms with Gasteiger partial charge in [0.05, 0.1) is 14.2 Å². The van der Waals surface area contributed by atoms with Crippen molar-refractivity contribution in [2.75, 3.05) is 27.8 Å². The smallest absolute Gasteiger partial charge is 0.213 e. The van der Waals surface area contributed by atoms with Crippen LogP contribution in [0.2, 0.25) is 0 Å². The molecule has 0 aliphatic carbocycles. The molecule has 128 valence electrons. The molecule has 2 rings (SSSR count). The normalized spacial score (nSPS) is 11.0. The number of aromatic nitrogens is 1. The average molecular weight is 328 g/mol. The SMILES string of the molecule is CN=C(NCCc1ccc(OC)cc1)NCc1ccnc(OC)c1. The van der Waals surface area contributed by atoms with E-state index in [1.165, 1.54) is 5.56 Å². The van der Waals surface area contributed by atoms with Gasteiger partial charge in [-0.25, -0.2) is 4.98 Å². The first kappa shape index (κ1) is 17.6. The van der Waals surface area contributed by atoms with Crippen molar-refractivity contribution < 1.29 is 9.47 Å². The minimum absolute atomic E-state index is 0.608. The first-order chi connectivity index (χ1) is 11.7. The number of guanidine groups is 1. The van der Waals surface area contributed by atoms with Crippen LogP contribution in [-0.2, 0) is 13.0 Å². The van der Waals surface area contributed by atoms with E-state index in [1.807, 2.05) is 24.3 Å². The Hall–Kier alpha value is -2.76. The number of benzene rings is 1. The molecule has 0 radical (unpaired) electrons. The monoisotopic (exact) mass is 328 g/mol. The van der Waals surface area contributed by atoms with Crippen molar-refractivity contribution in [3.05, 3.63) is 53.7 Å². The summed E-state index contributed by atoms with van der Waals surface area (Å²) in [5, 5.41) is 6.58. The van der Waals surface area contributed by atoms with Gasteiger partial charge in [0, 0.05) is 32.4 Å². The van der Waals surface area contributed by atoms with Crippen LogP contribution in [0.1, 0.15) is 11.1 Å². The summed E-state index contributed by atoms with van der Waals surface area (Å²) in [6.45, 7) is 1.45. The van der Waals surface area contributed by atoms with Gasteiger partial charge in [0.1, 0.15) is 5.75 Å². The summed E-state index contributed by atoms with van der Waals surface area (Å²) in [6.07, 6.45) is 2.64. The number of aliphatic imine (C=N–C) groups is 1. The van der Waals surface area contributed by atoms with Crippen LogP contribution in [-0.4, -0.2) is 38.8 Å². The second-order valence-corrected chi connectivity index (χ2v) is 5.16. The number of nitrogens with one attached hydrogen (secondary N) is 2. The van der Waals surface area contributed by atoms with Crippen molar-refractivity contribution in [3.63, 3.8) is 0 Å². The number of methoxy groups -OCH3 is 2. The van der Waals surface area contributed by atoms with E-state index >= 15 is 0 Å². The molecule has 0 aliphatic rings. The quantitative estimate of drug-likeness (QED) is 0.601. The van der Waals surface area contributed by atoms with E-state index in [9.17, 15) is 0 Å². The van der Waals surface area contributed by atoms with Crippen molar-refractivity contribution in [2.45, 2.75) is 13.0 Å². The van der Waals surface area contributed by atoms with Gasteiger partial charge in [0.15, 0.2) is 5.96 Å². The van der Waals surface area contributed by atoms with Crippen LogP contribution in [0.3, 0.4) is 0 Å². The standard InChI is InChI=1S/C18H24N4O2/c1-19-18(22-13-15-9-10-20-17(12-15)24-3)21-11-8-14-4-6-16(23-2)7-5-14/h4-7,9-10,12H,8,11,13H2,1-3H3,(H2,19,21,22). The number of rotatable bonds is 7. The van der Waals surface area contributed by atoms with Crippen LogP contribution in [0.5, 0.6) is 11.6 Å². The fourth-order valence-corrected chi connectivity index (χ4v) is 2.20. The second-order valence-electron chi connectivity index (χ2n) is 5.16. The molecule has 1 aromatic carbocycles.